The molecule has 5 heteroatoms. The van der Waals surface area contributed by atoms with E-state index in [1.54, 1.807) is 36.4 Å². The summed E-state index contributed by atoms with van der Waals surface area (Å²) in [6.07, 6.45) is 0. The van der Waals surface area contributed by atoms with Crippen molar-refractivity contribution in [3.8, 4) is 0 Å². The van der Waals surface area contributed by atoms with E-state index in [1.165, 1.54) is 0 Å². The Morgan fingerprint density at radius 1 is 1.00 bits per heavy atom. The highest BCUT2D eigenvalue weighted by Crippen LogP contribution is 2.18. The molecule has 98 valence electrons. The number of rotatable bonds is 5. The molecule has 0 bridgehead atoms. The molecule has 0 fully saturated rings. The normalized spacial score (nSPS) is 12.1. The summed E-state index contributed by atoms with van der Waals surface area (Å²) in [7, 11) is -2.92. The molecule has 2 aromatic rings. The molecule has 0 aromatic heterocycles. The Balaban J connectivity index is 2.10. The zero-order valence-corrected chi connectivity index (χ0v) is 11.1. The molecule has 0 heterocycles. The monoisotopic (exact) mass is 276 g/mol. The quantitative estimate of drug-likeness (QED) is 0.673. The van der Waals surface area contributed by atoms with Crippen LogP contribution in [0.4, 0.5) is 0 Å². The lowest BCUT2D eigenvalue weighted by Gasteiger charge is -2.03. The molecule has 0 saturated carbocycles. The van der Waals surface area contributed by atoms with Crippen LogP contribution in [0.5, 0.6) is 0 Å². The first kappa shape index (κ1) is 13.7. The first-order valence-corrected chi connectivity index (χ1v) is 6.97. The minimum atomic E-state index is -2.92. The second kappa shape index (κ2) is 6.43. The predicted octanol–water partition coefficient (Wildman–Crippen LogP) is 2.82. The van der Waals surface area contributed by atoms with Crippen molar-refractivity contribution >= 4 is 14.0 Å². The third kappa shape index (κ3) is 3.86. The van der Waals surface area contributed by atoms with Crippen LogP contribution in [0, 0.1) is 0 Å². The second-order valence-corrected chi connectivity index (χ2v) is 4.77. The summed E-state index contributed by atoms with van der Waals surface area (Å²) in [5.74, 6) is -0.0520. The molecular formula is C14H13O4P. The molecule has 1 N–H and O–H groups in total. The van der Waals surface area contributed by atoms with E-state index < -0.39 is 8.25 Å². The van der Waals surface area contributed by atoms with Crippen molar-refractivity contribution < 1.29 is 18.8 Å². The lowest BCUT2D eigenvalue weighted by molar-refractivity contribution is 0.103. The Bertz CT molecular complexity index is 578. The highest BCUT2D eigenvalue weighted by Gasteiger charge is 2.08. The first-order chi connectivity index (χ1) is 9.16. The van der Waals surface area contributed by atoms with Gasteiger partial charge in [-0.15, -0.1) is 0 Å². The molecule has 1 atom stereocenters. The Labute approximate surface area is 111 Å². The van der Waals surface area contributed by atoms with Crippen molar-refractivity contribution in [2.75, 3.05) is 0 Å². The van der Waals surface area contributed by atoms with Gasteiger partial charge in [0, 0.05) is 11.1 Å². The molecule has 19 heavy (non-hydrogen) atoms. The van der Waals surface area contributed by atoms with Crippen molar-refractivity contribution in [1.29, 1.82) is 0 Å². The summed E-state index contributed by atoms with van der Waals surface area (Å²) >= 11 is 0. The van der Waals surface area contributed by atoms with Crippen LogP contribution in [0.25, 0.3) is 0 Å². The number of hydrogen-bond acceptors (Lipinski definition) is 3. The van der Waals surface area contributed by atoms with Gasteiger partial charge in [-0.2, -0.15) is 0 Å². The van der Waals surface area contributed by atoms with Gasteiger partial charge in [0.05, 0.1) is 6.61 Å². The van der Waals surface area contributed by atoms with Crippen molar-refractivity contribution in [2.24, 2.45) is 0 Å². The van der Waals surface area contributed by atoms with Crippen molar-refractivity contribution in [1.82, 2.24) is 0 Å². The average Bonchev–Trinajstić information content (AvgIpc) is 2.46. The first-order valence-electron chi connectivity index (χ1n) is 5.71. The van der Waals surface area contributed by atoms with E-state index in [9.17, 15) is 9.36 Å². The van der Waals surface area contributed by atoms with Crippen LogP contribution in [0.3, 0.4) is 0 Å². The summed E-state index contributed by atoms with van der Waals surface area (Å²) in [5.41, 5.74) is 1.95. The Kier molecular flexibility index (Phi) is 4.63. The van der Waals surface area contributed by atoms with E-state index in [4.69, 9.17) is 4.89 Å². The average molecular weight is 276 g/mol. The minimum Gasteiger partial charge on any atom is -0.326 e. The summed E-state index contributed by atoms with van der Waals surface area (Å²) in [4.78, 5) is 20.7. The molecule has 0 saturated heterocycles. The van der Waals surface area contributed by atoms with Gasteiger partial charge in [-0.05, 0) is 5.56 Å². The molecule has 0 aliphatic rings. The number of benzene rings is 2. The van der Waals surface area contributed by atoms with E-state index in [0.717, 1.165) is 5.56 Å². The lowest BCUT2D eigenvalue weighted by atomic mass is 10.0. The van der Waals surface area contributed by atoms with Gasteiger partial charge in [-0.25, -0.2) is 0 Å². The highest BCUT2D eigenvalue weighted by atomic mass is 31.1. The fourth-order valence-electron chi connectivity index (χ4n) is 1.65. The Morgan fingerprint density at radius 2 is 1.58 bits per heavy atom. The lowest BCUT2D eigenvalue weighted by Crippen LogP contribution is -2.01. The molecule has 0 aliphatic heterocycles. The predicted molar refractivity (Wildman–Crippen MR) is 72.3 cm³/mol. The summed E-state index contributed by atoms with van der Waals surface area (Å²) in [6.45, 7) is 0.0636. The Morgan fingerprint density at radius 3 is 2.16 bits per heavy atom. The molecule has 0 aliphatic carbocycles. The largest absolute Gasteiger partial charge is 0.326 e. The molecular weight excluding hydrogens is 263 g/mol. The number of ketones is 1. The summed E-state index contributed by atoms with van der Waals surface area (Å²) < 4.78 is 15.1. The van der Waals surface area contributed by atoms with E-state index in [-0.39, 0.29) is 12.4 Å². The van der Waals surface area contributed by atoms with Gasteiger partial charge in [-0.1, -0.05) is 54.6 Å². The number of hydrogen-bond donors (Lipinski definition) is 1. The van der Waals surface area contributed by atoms with Crippen LogP contribution in [-0.2, 0) is 15.7 Å². The molecule has 2 rings (SSSR count). The van der Waals surface area contributed by atoms with Gasteiger partial charge in [0.15, 0.2) is 5.78 Å². The molecule has 0 amide bonds. The molecule has 0 spiro atoms. The van der Waals surface area contributed by atoms with Gasteiger partial charge in [0.2, 0.25) is 0 Å². The van der Waals surface area contributed by atoms with Crippen LogP contribution < -0.4 is 0 Å². The Hall–Kier alpha value is -1.74. The van der Waals surface area contributed by atoms with Crippen LogP contribution in [0.2, 0.25) is 0 Å². The summed E-state index contributed by atoms with van der Waals surface area (Å²) in [5, 5.41) is 0. The maximum atomic E-state index is 12.1. The molecule has 4 nitrogen and oxygen atoms in total. The third-order valence-corrected chi connectivity index (χ3v) is 3.01. The summed E-state index contributed by atoms with van der Waals surface area (Å²) in [6, 6.07) is 15.8. The van der Waals surface area contributed by atoms with E-state index >= 15 is 0 Å². The highest BCUT2D eigenvalue weighted by molar-refractivity contribution is 7.32. The fourth-order valence-corrected chi connectivity index (χ4v) is 1.94. The van der Waals surface area contributed by atoms with E-state index in [2.05, 4.69) is 4.52 Å². The molecule has 0 radical (unpaired) electrons. The van der Waals surface area contributed by atoms with Crippen LogP contribution in [0.15, 0.2) is 54.6 Å². The second-order valence-electron chi connectivity index (χ2n) is 3.95. The van der Waals surface area contributed by atoms with Crippen molar-refractivity contribution in [3.63, 3.8) is 0 Å². The van der Waals surface area contributed by atoms with Gasteiger partial charge in [-0.3, -0.25) is 9.36 Å². The zero-order chi connectivity index (χ0) is 13.7. The van der Waals surface area contributed by atoms with Gasteiger partial charge < -0.3 is 9.42 Å². The molecule has 1 unspecified atom stereocenters. The van der Waals surface area contributed by atoms with Gasteiger partial charge >= 0.3 is 8.25 Å². The molecule has 2 aromatic carbocycles. The standard InChI is InChI=1S/C14H13O4P/c15-14(12-4-2-1-3-5-12)13-8-6-11(7-9-13)10-18-19(16)17/h1-9,19H,10H2,(H,16,17). The SMILES string of the molecule is O=C(c1ccccc1)c1ccc(CO[PH](=O)O)cc1. The van der Waals surface area contributed by atoms with Crippen LogP contribution >= 0.6 is 8.25 Å². The number of carbonyl (C=O) groups excluding carboxylic acids is 1. The van der Waals surface area contributed by atoms with Crippen LogP contribution in [0.1, 0.15) is 21.5 Å². The van der Waals surface area contributed by atoms with Gasteiger partial charge in [0.1, 0.15) is 0 Å². The number of carbonyl (C=O) groups is 1. The third-order valence-electron chi connectivity index (χ3n) is 2.61. The topological polar surface area (TPSA) is 63.6 Å². The van der Waals surface area contributed by atoms with Crippen LogP contribution in [-0.4, -0.2) is 10.7 Å². The van der Waals surface area contributed by atoms with E-state index in [0.29, 0.717) is 11.1 Å². The van der Waals surface area contributed by atoms with Gasteiger partial charge in [0.25, 0.3) is 0 Å². The smallest absolute Gasteiger partial charge is 0.316 e. The maximum absolute atomic E-state index is 12.1. The van der Waals surface area contributed by atoms with Crippen molar-refractivity contribution in [2.45, 2.75) is 6.61 Å². The van der Waals surface area contributed by atoms with E-state index in [1.807, 2.05) is 18.2 Å². The maximum Gasteiger partial charge on any atom is 0.316 e. The van der Waals surface area contributed by atoms with Crippen molar-refractivity contribution in [3.05, 3.63) is 71.3 Å². The zero-order valence-electron chi connectivity index (χ0n) is 10.1. The fraction of sp³-hybridized carbons (Fsp3) is 0.0714. The minimum absolute atomic E-state index is 0.0520.